The molecular formula is C34H54O4Si. The van der Waals surface area contributed by atoms with Crippen molar-refractivity contribution in [3.8, 4) is 5.75 Å². The van der Waals surface area contributed by atoms with Crippen LogP contribution < -0.4 is 4.74 Å². The number of ketones is 1. The average molecular weight is 555 g/mol. The second-order valence-corrected chi connectivity index (χ2v) is 17.1. The Morgan fingerprint density at radius 3 is 2.44 bits per heavy atom. The molecule has 0 aliphatic heterocycles. The highest BCUT2D eigenvalue weighted by atomic mass is 28.4. The molecule has 0 radical (unpaired) electrons. The number of hydrogen-bond donors (Lipinski definition) is 0. The van der Waals surface area contributed by atoms with Crippen molar-refractivity contribution in [1.82, 2.24) is 0 Å². The van der Waals surface area contributed by atoms with Gasteiger partial charge in [-0.3, -0.25) is 4.79 Å². The van der Waals surface area contributed by atoms with Crippen LogP contribution in [0.15, 0.2) is 60.2 Å². The highest BCUT2D eigenvalue weighted by Crippen LogP contribution is 2.38. The predicted octanol–water partition coefficient (Wildman–Crippen LogP) is 9.37. The quantitative estimate of drug-likeness (QED) is 0.0785. The van der Waals surface area contributed by atoms with Crippen LogP contribution in [0.1, 0.15) is 91.0 Å². The molecule has 0 heterocycles. The number of ether oxygens (including phenoxy) is 2. The topological polar surface area (TPSA) is 44.8 Å². The van der Waals surface area contributed by atoms with E-state index in [4.69, 9.17) is 13.9 Å². The van der Waals surface area contributed by atoms with Gasteiger partial charge in [-0.1, -0.05) is 83.4 Å². The molecule has 0 unspecified atom stereocenters. The summed E-state index contributed by atoms with van der Waals surface area (Å²) in [5.74, 6) is 1.22. The lowest BCUT2D eigenvalue weighted by Gasteiger charge is -2.39. The number of rotatable bonds is 18. The third kappa shape index (κ3) is 12.0. The molecule has 0 N–H and O–H groups in total. The molecule has 0 bridgehead atoms. The molecule has 218 valence electrons. The summed E-state index contributed by atoms with van der Waals surface area (Å²) in [6.45, 7) is 15.2. The second kappa shape index (κ2) is 17.0. The normalized spacial score (nSPS) is 18.0. The Kier molecular flexibility index (Phi) is 14.5. The zero-order valence-electron chi connectivity index (χ0n) is 25.8. The van der Waals surface area contributed by atoms with Gasteiger partial charge < -0.3 is 13.9 Å². The minimum absolute atomic E-state index is 0.169. The Hall–Kier alpha value is -1.95. The zero-order chi connectivity index (χ0) is 28.7. The zero-order valence-corrected chi connectivity index (χ0v) is 26.8. The van der Waals surface area contributed by atoms with Crippen molar-refractivity contribution < 1.29 is 18.7 Å². The van der Waals surface area contributed by atoms with Gasteiger partial charge in [-0.2, -0.15) is 0 Å². The number of carbonyl (C=O) groups excluding carboxylic acids is 1. The fourth-order valence-corrected chi connectivity index (χ4v) is 5.88. The Morgan fingerprint density at radius 1 is 1.03 bits per heavy atom. The van der Waals surface area contributed by atoms with Gasteiger partial charge in [0.25, 0.3) is 0 Å². The summed E-state index contributed by atoms with van der Waals surface area (Å²) in [6.07, 6.45) is 20.3. The van der Waals surface area contributed by atoms with Gasteiger partial charge in [0, 0.05) is 24.2 Å². The number of allylic oxidation sites excluding steroid dienone is 5. The minimum Gasteiger partial charge on any atom is -0.497 e. The third-order valence-electron chi connectivity index (χ3n) is 8.06. The van der Waals surface area contributed by atoms with Gasteiger partial charge in [0.1, 0.15) is 5.75 Å². The summed E-state index contributed by atoms with van der Waals surface area (Å²) in [7, 11) is -0.179. The Labute approximate surface area is 240 Å². The first kappa shape index (κ1) is 33.3. The summed E-state index contributed by atoms with van der Waals surface area (Å²) in [5.41, 5.74) is 2.11. The molecule has 2 atom stereocenters. The molecular weight excluding hydrogens is 500 g/mol. The highest BCUT2D eigenvalue weighted by molar-refractivity contribution is 6.74. The van der Waals surface area contributed by atoms with Gasteiger partial charge >= 0.3 is 0 Å². The van der Waals surface area contributed by atoms with Crippen molar-refractivity contribution in [2.75, 3.05) is 13.7 Å². The van der Waals surface area contributed by atoms with Crippen LogP contribution in [0.5, 0.6) is 5.75 Å². The molecule has 4 nitrogen and oxygen atoms in total. The van der Waals surface area contributed by atoms with Crippen LogP contribution in [0.25, 0.3) is 0 Å². The predicted molar refractivity (Wildman–Crippen MR) is 167 cm³/mol. The van der Waals surface area contributed by atoms with E-state index in [0.717, 1.165) is 62.0 Å². The van der Waals surface area contributed by atoms with Gasteiger partial charge in [0.05, 0.1) is 13.7 Å². The van der Waals surface area contributed by atoms with Gasteiger partial charge in [-0.15, -0.1) is 0 Å². The smallest absolute Gasteiger partial charge is 0.192 e. The molecule has 5 heteroatoms. The van der Waals surface area contributed by atoms with E-state index < -0.39 is 8.32 Å². The molecule has 0 saturated heterocycles. The van der Waals surface area contributed by atoms with E-state index in [9.17, 15) is 4.79 Å². The standard InChI is InChI=1S/C34H54O4Si/c1-8-9-13-17-31(38-39(6,7)34(2,3)4)23-24-32-29(20-25-33(32)35)16-14-11-10-12-15-26-37-27-28-18-21-30(36-5)22-19-28/h11,14,18-22,24-25,29,31H,8-10,12-13,15-17,23,26-27H2,1-7H3/b14-11-,32-24-/t29-,31-/m0/s1. The Morgan fingerprint density at radius 2 is 1.77 bits per heavy atom. The fraction of sp³-hybridized carbons (Fsp3) is 0.618. The SMILES string of the molecule is CCCCC[C@@H](C/C=C1\C(=O)C=C[C@@H]1C/C=C\CCCCOCc1ccc(OC)cc1)O[Si](C)(C)C(C)(C)C. The van der Waals surface area contributed by atoms with E-state index >= 15 is 0 Å². The lowest BCUT2D eigenvalue weighted by molar-refractivity contribution is -0.111. The maximum atomic E-state index is 12.6. The van der Waals surface area contributed by atoms with E-state index in [1.54, 1.807) is 13.2 Å². The molecule has 0 spiro atoms. The van der Waals surface area contributed by atoms with Crippen LogP contribution in [0, 0.1) is 5.92 Å². The molecule has 0 aromatic heterocycles. The third-order valence-corrected chi connectivity index (χ3v) is 12.6. The summed E-state index contributed by atoms with van der Waals surface area (Å²) in [5, 5.41) is 0.184. The summed E-state index contributed by atoms with van der Waals surface area (Å²) in [4.78, 5) is 12.6. The number of carbonyl (C=O) groups is 1. The molecule has 1 aliphatic carbocycles. The number of unbranched alkanes of at least 4 members (excludes halogenated alkanes) is 4. The van der Waals surface area contributed by atoms with Crippen molar-refractivity contribution in [3.63, 3.8) is 0 Å². The van der Waals surface area contributed by atoms with Gasteiger partial charge in [-0.05, 0) is 80.4 Å². The van der Waals surface area contributed by atoms with E-state index in [2.05, 4.69) is 65.1 Å². The van der Waals surface area contributed by atoms with Crippen molar-refractivity contribution >= 4 is 14.1 Å². The van der Waals surface area contributed by atoms with Crippen molar-refractivity contribution in [1.29, 1.82) is 0 Å². The van der Waals surface area contributed by atoms with Crippen molar-refractivity contribution in [3.05, 3.63) is 65.8 Å². The highest BCUT2D eigenvalue weighted by Gasteiger charge is 2.39. The summed E-state index contributed by atoms with van der Waals surface area (Å²) >= 11 is 0. The maximum Gasteiger partial charge on any atom is 0.192 e. The molecule has 1 aromatic rings. The van der Waals surface area contributed by atoms with Crippen LogP contribution in [0.4, 0.5) is 0 Å². The molecule has 1 aliphatic rings. The maximum absolute atomic E-state index is 12.6. The largest absolute Gasteiger partial charge is 0.497 e. The first-order valence-electron chi connectivity index (χ1n) is 15.0. The molecule has 0 saturated carbocycles. The molecule has 0 amide bonds. The van der Waals surface area contributed by atoms with Crippen molar-refractivity contribution in [2.24, 2.45) is 5.92 Å². The van der Waals surface area contributed by atoms with E-state index in [-0.39, 0.29) is 22.8 Å². The second-order valence-electron chi connectivity index (χ2n) is 12.3. The van der Waals surface area contributed by atoms with Crippen LogP contribution in [0.3, 0.4) is 0 Å². The lowest BCUT2D eigenvalue weighted by Crippen LogP contribution is -2.43. The number of hydrogen-bond acceptors (Lipinski definition) is 4. The number of benzene rings is 1. The Balaban J connectivity index is 1.77. The van der Waals surface area contributed by atoms with Crippen LogP contribution in [-0.4, -0.2) is 33.9 Å². The van der Waals surface area contributed by atoms with E-state index in [0.29, 0.717) is 6.61 Å². The van der Waals surface area contributed by atoms with Crippen molar-refractivity contribution in [2.45, 2.75) is 116 Å². The Bertz CT molecular complexity index is 937. The van der Waals surface area contributed by atoms with E-state index in [1.165, 1.54) is 19.3 Å². The summed E-state index contributed by atoms with van der Waals surface area (Å²) in [6, 6.07) is 8.01. The molecule has 39 heavy (non-hydrogen) atoms. The summed E-state index contributed by atoms with van der Waals surface area (Å²) < 4.78 is 17.8. The van der Waals surface area contributed by atoms with Gasteiger partial charge in [0.15, 0.2) is 14.1 Å². The fourth-order valence-electron chi connectivity index (χ4n) is 4.48. The van der Waals surface area contributed by atoms with Gasteiger partial charge in [0.2, 0.25) is 0 Å². The minimum atomic E-state index is -1.86. The first-order chi connectivity index (χ1) is 18.6. The molecule has 2 rings (SSSR count). The lowest BCUT2D eigenvalue weighted by atomic mass is 9.95. The van der Waals surface area contributed by atoms with Crippen LogP contribution in [0.2, 0.25) is 18.1 Å². The van der Waals surface area contributed by atoms with Crippen LogP contribution in [-0.2, 0) is 20.6 Å². The van der Waals surface area contributed by atoms with Gasteiger partial charge in [-0.25, -0.2) is 0 Å². The molecule has 1 aromatic carbocycles. The monoisotopic (exact) mass is 554 g/mol. The average Bonchev–Trinajstić information content (AvgIpc) is 3.24. The molecule has 0 fully saturated rings. The number of methoxy groups -OCH3 is 1. The first-order valence-corrected chi connectivity index (χ1v) is 17.9. The van der Waals surface area contributed by atoms with E-state index in [1.807, 2.05) is 24.3 Å². The van der Waals surface area contributed by atoms with Crippen LogP contribution >= 0.6 is 0 Å².